The van der Waals surface area contributed by atoms with Crippen molar-refractivity contribution in [3.05, 3.63) is 76.1 Å². The van der Waals surface area contributed by atoms with Gasteiger partial charge in [0.1, 0.15) is 11.3 Å². The van der Waals surface area contributed by atoms with Crippen LogP contribution in [0.15, 0.2) is 59.5 Å². The van der Waals surface area contributed by atoms with E-state index < -0.39 is 5.91 Å². The molecule has 1 atom stereocenters. The number of fused-ring (bicyclic) bond motifs is 1. The van der Waals surface area contributed by atoms with E-state index in [0.29, 0.717) is 30.7 Å². The van der Waals surface area contributed by atoms with E-state index in [1.54, 1.807) is 31.4 Å². The second kappa shape index (κ2) is 11.0. The molecule has 34 heavy (non-hydrogen) atoms. The predicted octanol–water partition coefficient (Wildman–Crippen LogP) is 1.46. The Hall–Kier alpha value is -3.69. The fourth-order valence-electron chi connectivity index (χ4n) is 4.04. The number of methoxy groups -OCH3 is 1. The highest BCUT2D eigenvalue weighted by Gasteiger charge is 2.23. The van der Waals surface area contributed by atoms with Gasteiger partial charge in [-0.25, -0.2) is 0 Å². The first-order chi connectivity index (χ1) is 16.6. The summed E-state index contributed by atoms with van der Waals surface area (Å²) >= 11 is 0. The second-order valence-corrected chi connectivity index (χ2v) is 8.00. The summed E-state index contributed by atoms with van der Waals surface area (Å²) in [6.07, 6.45) is 1.37. The molecule has 1 unspecified atom stereocenters. The van der Waals surface area contributed by atoms with Crippen LogP contribution in [0.4, 0.5) is 0 Å². The Balaban J connectivity index is 1.37. The van der Waals surface area contributed by atoms with Gasteiger partial charge in [0.15, 0.2) is 0 Å². The lowest BCUT2D eigenvalue weighted by Crippen LogP contribution is -2.45. The highest BCUT2D eigenvalue weighted by molar-refractivity contribution is 5.98. The summed E-state index contributed by atoms with van der Waals surface area (Å²) < 4.78 is 10.7. The normalized spacial score (nSPS) is 15.0. The van der Waals surface area contributed by atoms with Gasteiger partial charge in [-0.05, 0) is 29.8 Å². The van der Waals surface area contributed by atoms with E-state index in [4.69, 9.17) is 9.47 Å². The zero-order valence-corrected chi connectivity index (χ0v) is 19.0. The number of aromatic amines is 1. The van der Waals surface area contributed by atoms with Gasteiger partial charge in [-0.3, -0.25) is 19.3 Å². The maximum Gasteiger partial charge on any atom is 0.257 e. The van der Waals surface area contributed by atoms with E-state index in [2.05, 4.69) is 20.5 Å². The van der Waals surface area contributed by atoms with Crippen molar-refractivity contribution in [1.29, 1.82) is 0 Å². The average molecular weight is 465 g/mol. The van der Waals surface area contributed by atoms with Crippen molar-refractivity contribution < 1.29 is 19.1 Å². The van der Waals surface area contributed by atoms with Crippen LogP contribution in [-0.2, 0) is 9.53 Å². The minimum absolute atomic E-state index is 0.0315. The average Bonchev–Trinajstić information content (AvgIpc) is 2.89. The van der Waals surface area contributed by atoms with E-state index in [-0.39, 0.29) is 29.5 Å². The molecular weight excluding hydrogens is 436 g/mol. The van der Waals surface area contributed by atoms with Crippen LogP contribution in [-0.4, -0.2) is 68.2 Å². The third-order valence-electron chi connectivity index (χ3n) is 5.92. The van der Waals surface area contributed by atoms with Crippen LogP contribution in [0.5, 0.6) is 5.75 Å². The minimum Gasteiger partial charge on any atom is -0.497 e. The Labute approximate surface area is 197 Å². The molecule has 1 aliphatic rings. The van der Waals surface area contributed by atoms with Crippen molar-refractivity contribution in [2.75, 3.05) is 46.5 Å². The van der Waals surface area contributed by atoms with Crippen LogP contribution < -0.4 is 20.8 Å². The number of morpholine rings is 1. The number of H-pyrrole nitrogens is 1. The number of rotatable bonds is 8. The Bertz CT molecular complexity index is 1200. The van der Waals surface area contributed by atoms with Gasteiger partial charge in [-0.15, -0.1) is 0 Å². The number of pyridine rings is 1. The number of benzene rings is 2. The fraction of sp³-hybridized carbons (Fsp3) is 0.320. The van der Waals surface area contributed by atoms with Gasteiger partial charge in [-0.1, -0.05) is 24.3 Å². The van der Waals surface area contributed by atoms with Gasteiger partial charge >= 0.3 is 0 Å². The molecule has 0 saturated carbocycles. The van der Waals surface area contributed by atoms with Crippen LogP contribution >= 0.6 is 0 Å². The highest BCUT2D eigenvalue weighted by atomic mass is 16.5. The lowest BCUT2D eigenvalue weighted by molar-refractivity contribution is -0.120. The Morgan fingerprint density at radius 2 is 1.82 bits per heavy atom. The number of ether oxygens (including phenoxy) is 2. The number of carbonyl (C=O) groups is 2. The van der Waals surface area contributed by atoms with E-state index >= 15 is 0 Å². The first-order valence-corrected chi connectivity index (χ1v) is 11.2. The zero-order chi connectivity index (χ0) is 23.9. The number of aromatic nitrogens is 1. The molecule has 9 heteroatoms. The molecule has 9 nitrogen and oxygen atoms in total. The standard InChI is InChI=1S/C25H28N4O5/c1-33-18-8-6-17(7-9-18)22(29-10-12-34-13-11-29)15-27-23(30)16-28-25(32)20-14-26-21-5-3-2-4-19(21)24(20)31/h2-9,14,22H,10-13,15-16H2,1H3,(H,26,31)(H,27,30)(H,28,32). The van der Waals surface area contributed by atoms with Crippen molar-refractivity contribution in [3.8, 4) is 5.75 Å². The molecule has 178 valence electrons. The Kier molecular flexibility index (Phi) is 7.56. The SMILES string of the molecule is COc1ccc(C(CNC(=O)CNC(=O)c2c[nH]c3ccccc3c2=O)N2CCOCC2)cc1. The number of amides is 2. The quantitative estimate of drug-likeness (QED) is 0.465. The van der Waals surface area contributed by atoms with E-state index in [9.17, 15) is 14.4 Å². The summed E-state index contributed by atoms with van der Waals surface area (Å²) in [6.45, 7) is 2.93. The van der Waals surface area contributed by atoms with Gasteiger partial charge < -0.3 is 25.1 Å². The smallest absolute Gasteiger partial charge is 0.257 e. The van der Waals surface area contributed by atoms with Crippen LogP contribution in [0.25, 0.3) is 10.9 Å². The first-order valence-electron chi connectivity index (χ1n) is 11.2. The molecule has 1 aliphatic heterocycles. The third-order valence-corrected chi connectivity index (χ3v) is 5.92. The number of hydrogen-bond acceptors (Lipinski definition) is 6. The molecule has 0 spiro atoms. The number of para-hydroxylation sites is 1. The van der Waals surface area contributed by atoms with E-state index in [1.807, 2.05) is 24.3 Å². The van der Waals surface area contributed by atoms with Crippen molar-refractivity contribution in [2.45, 2.75) is 6.04 Å². The lowest BCUT2D eigenvalue weighted by atomic mass is 10.0. The molecule has 0 bridgehead atoms. The van der Waals surface area contributed by atoms with Crippen molar-refractivity contribution in [1.82, 2.24) is 20.5 Å². The van der Waals surface area contributed by atoms with Gasteiger partial charge in [-0.2, -0.15) is 0 Å². The highest BCUT2D eigenvalue weighted by Crippen LogP contribution is 2.23. The summed E-state index contributed by atoms with van der Waals surface area (Å²) in [7, 11) is 1.62. The van der Waals surface area contributed by atoms with Gasteiger partial charge in [0.25, 0.3) is 5.91 Å². The van der Waals surface area contributed by atoms with Crippen LogP contribution in [0, 0.1) is 0 Å². The molecule has 1 aromatic heterocycles. The van der Waals surface area contributed by atoms with Crippen molar-refractivity contribution in [3.63, 3.8) is 0 Å². The summed E-state index contributed by atoms with van der Waals surface area (Å²) in [4.78, 5) is 42.9. The molecule has 3 N–H and O–H groups in total. The number of nitrogens with one attached hydrogen (secondary N) is 3. The largest absolute Gasteiger partial charge is 0.497 e. The Morgan fingerprint density at radius 3 is 2.56 bits per heavy atom. The third kappa shape index (κ3) is 5.44. The number of nitrogens with zero attached hydrogens (tertiary/aromatic N) is 1. The second-order valence-electron chi connectivity index (χ2n) is 8.00. The maximum absolute atomic E-state index is 12.6. The lowest BCUT2D eigenvalue weighted by Gasteiger charge is -2.35. The fourth-order valence-corrected chi connectivity index (χ4v) is 4.04. The zero-order valence-electron chi connectivity index (χ0n) is 19.0. The van der Waals surface area contributed by atoms with E-state index in [0.717, 1.165) is 24.4 Å². The van der Waals surface area contributed by atoms with Gasteiger partial charge in [0, 0.05) is 36.7 Å². The molecule has 4 rings (SSSR count). The van der Waals surface area contributed by atoms with Crippen LogP contribution in [0.1, 0.15) is 22.0 Å². The summed E-state index contributed by atoms with van der Waals surface area (Å²) in [5.74, 6) is -0.167. The van der Waals surface area contributed by atoms with Crippen LogP contribution in [0.3, 0.4) is 0 Å². The summed E-state index contributed by atoms with van der Waals surface area (Å²) in [6, 6.07) is 14.7. The molecule has 2 aromatic carbocycles. The predicted molar refractivity (Wildman–Crippen MR) is 128 cm³/mol. The molecule has 2 amide bonds. The van der Waals surface area contributed by atoms with Gasteiger partial charge in [0.2, 0.25) is 11.3 Å². The summed E-state index contributed by atoms with van der Waals surface area (Å²) in [5.41, 5.74) is 1.29. The molecule has 2 heterocycles. The van der Waals surface area contributed by atoms with Crippen molar-refractivity contribution >= 4 is 22.7 Å². The van der Waals surface area contributed by atoms with E-state index in [1.165, 1.54) is 6.20 Å². The molecule has 3 aromatic rings. The minimum atomic E-state index is -0.595. The monoisotopic (exact) mass is 464 g/mol. The topological polar surface area (TPSA) is 113 Å². The molecule has 1 saturated heterocycles. The number of carbonyl (C=O) groups excluding carboxylic acids is 2. The molecule has 0 aliphatic carbocycles. The number of hydrogen-bond donors (Lipinski definition) is 3. The molecule has 0 radical (unpaired) electrons. The maximum atomic E-state index is 12.6. The van der Waals surface area contributed by atoms with Crippen molar-refractivity contribution in [2.24, 2.45) is 0 Å². The van der Waals surface area contributed by atoms with Crippen LogP contribution in [0.2, 0.25) is 0 Å². The van der Waals surface area contributed by atoms with Gasteiger partial charge in [0.05, 0.1) is 32.9 Å². The first kappa shape index (κ1) is 23.5. The molecule has 1 fully saturated rings. The summed E-state index contributed by atoms with van der Waals surface area (Å²) in [5, 5.41) is 5.87. The Morgan fingerprint density at radius 1 is 1.09 bits per heavy atom. The molecular formula is C25H28N4O5.